The smallest absolute Gasteiger partial charge is 0.253 e. The molecule has 5 rings (SSSR count). The highest BCUT2D eigenvalue weighted by Gasteiger charge is 2.64. The third-order valence-electron chi connectivity index (χ3n) is 11.9. The van der Waals surface area contributed by atoms with Gasteiger partial charge in [0.1, 0.15) is 6.10 Å². The number of alkyl halides is 2. The van der Waals surface area contributed by atoms with E-state index < -0.39 is 12.5 Å². The normalized spacial score (nSPS) is 46.5. The van der Waals surface area contributed by atoms with Gasteiger partial charge in [-0.1, -0.05) is 20.8 Å². The fraction of sp³-hybridized carbons (Fsp3) is 0.933. The van der Waals surface area contributed by atoms with E-state index in [9.17, 15) is 13.9 Å². The van der Waals surface area contributed by atoms with Crippen molar-refractivity contribution in [2.75, 3.05) is 6.54 Å². The molecule has 0 aromatic heterocycles. The second-order valence-electron chi connectivity index (χ2n) is 13.8. The van der Waals surface area contributed by atoms with Crippen LogP contribution in [0.2, 0.25) is 0 Å². The summed E-state index contributed by atoms with van der Waals surface area (Å²) in [6.45, 7) is 11.8. The van der Waals surface area contributed by atoms with E-state index in [4.69, 9.17) is 4.74 Å². The lowest BCUT2D eigenvalue weighted by Gasteiger charge is -2.60. The molecule has 4 aliphatic carbocycles. The highest BCUT2D eigenvalue weighted by atomic mass is 19.3. The molecule has 0 bridgehead atoms. The molecule has 5 aliphatic rings. The maximum atomic E-state index is 12.8. The molecule has 1 unspecified atom stereocenters. The second-order valence-corrected chi connectivity index (χ2v) is 13.8. The van der Waals surface area contributed by atoms with E-state index in [0.29, 0.717) is 41.2 Å². The lowest BCUT2D eigenvalue weighted by molar-refractivity contribution is -0.124. The molecular weight excluding hydrogens is 444 g/mol. The first-order chi connectivity index (χ1) is 16.5. The summed E-state index contributed by atoms with van der Waals surface area (Å²) < 4.78 is 32.3. The van der Waals surface area contributed by atoms with Crippen molar-refractivity contribution in [2.45, 2.75) is 124 Å². The van der Waals surface area contributed by atoms with Crippen molar-refractivity contribution in [3.63, 3.8) is 0 Å². The van der Waals surface area contributed by atoms with Gasteiger partial charge in [-0.25, -0.2) is 8.78 Å². The van der Waals surface area contributed by atoms with Crippen LogP contribution in [0.3, 0.4) is 0 Å². The summed E-state index contributed by atoms with van der Waals surface area (Å²) in [7, 11) is 0. The monoisotopic (exact) mass is 493 g/mol. The summed E-state index contributed by atoms with van der Waals surface area (Å²) in [6, 6.07) is -0.747. The Balaban J connectivity index is 1.24. The van der Waals surface area contributed by atoms with Gasteiger partial charge in [0.15, 0.2) is 0 Å². The van der Waals surface area contributed by atoms with Crippen LogP contribution in [-0.2, 0) is 4.74 Å². The first kappa shape index (κ1) is 25.9. The van der Waals surface area contributed by atoms with Gasteiger partial charge in [-0.3, -0.25) is 0 Å². The maximum absolute atomic E-state index is 12.8. The van der Waals surface area contributed by atoms with Gasteiger partial charge < -0.3 is 15.2 Å². The molecular formula is C30H49F2NO2. The van der Waals surface area contributed by atoms with Crippen LogP contribution in [0.1, 0.15) is 98.8 Å². The summed E-state index contributed by atoms with van der Waals surface area (Å²) in [4.78, 5) is 0. The second kappa shape index (κ2) is 9.57. The Labute approximate surface area is 211 Å². The summed E-state index contributed by atoms with van der Waals surface area (Å²) in [6.07, 6.45) is 9.59. The summed E-state index contributed by atoms with van der Waals surface area (Å²) in [5.74, 6) is 5.21. The molecule has 35 heavy (non-hydrogen) atoms. The lowest BCUT2D eigenvalue weighted by atomic mass is 9.44. The number of ether oxygens (including phenoxy) is 1. The zero-order valence-corrected chi connectivity index (χ0v) is 22.7. The fourth-order valence-electron chi connectivity index (χ4n) is 9.77. The molecule has 0 amide bonds. The Bertz CT molecular complexity index is 816. The van der Waals surface area contributed by atoms with E-state index in [1.807, 2.05) is 0 Å². The number of aliphatic hydroxyl groups excluding tert-OH is 1. The molecule has 0 saturated heterocycles. The Morgan fingerprint density at radius 1 is 1.03 bits per heavy atom. The van der Waals surface area contributed by atoms with E-state index in [0.717, 1.165) is 43.4 Å². The van der Waals surface area contributed by atoms with E-state index >= 15 is 0 Å². The van der Waals surface area contributed by atoms with Crippen LogP contribution in [0.4, 0.5) is 8.78 Å². The molecule has 4 fully saturated rings. The lowest BCUT2D eigenvalue weighted by Crippen LogP contribution is -2.54. The zero-order chi connectivity index (χ0) is 25.1. The molecule has 4 saturated carbocycles. The molecule has 0 aromatic rings. The predicted molar refractivity (Wildman–Crippen MR) is 136 cm³/mol. The number of allylic oxidation sites excluding steroid dienone is 1. The number of hydrogen-bond acceptors (Lipinski definition) is 3. The summed E-state index contributed by atoms with van der Waals surface area (Å²) in [5.41, 5.74) is 2.25. The highest BCUT2D eigenvalue weighted by Crippen LogP contribution is 2.69. The topological polar surface area (TPSA) is 41.5 Å². The maximum Gasteiger partial charge on any atom is 0.253 e. The van der Waals surface area contributed by atoms with Crippen LogP contribution in [0.15, 0.2) is 11.3 Å². The van der Waals surface area contributed by atoms with Crippen LogP contribution in [0.25, 0.3) is 0 Å². The van der Waals surface area contributed by atoms with Crippen molar-refractivity contribution in [3.05, 3.63) is 11.3 Å². The third kappa shape index (κ3) is 4.39. The number of nitrogens with one attached hydrogen (secondary N) is 1. The van der Waals surface area contributed by atoms with Gasteiger partial charge >= 0.3 is 0 Å². The molecule has 0 spiro atoms. The molecule has 5 heteroatoms. The molecule has 11 atom stereocenters. The molecule has 0 radical (unpaired) electrons. The quantitative estimate of drug-likeness (QED) is 0.403. The van der Waals surface area contributed by atoms with Gasteiger partial charge in [0.2, 0.25) is 0 Å². The van der Waals surface area contributed by atoms with Crippen LogP contribution in [0, 0.1) is 46.3 Å². The predicted octanol–water partition coefficient (Wildman–Crippen LogP) is 6.95. The van der Waals surface area contributed by atoms with Crippen molar-refractivity contribution < 1.29 is 18.6 Å². The number of fused-ring (bicyclic) bond motifs is 7. The fourth-order valence-corrected chi connectivity index (χ4v) is 9.77. The van der Waals surface area contributed by atoms with Gasteiger partial charge in [0, 0.05) is 12.3 Å². The largest absolute Gasteiger partial charge is 0.494 e. The zero-order valence-electron chi connectivity index (χ0n) is 22.7. The van der Waals surface area contributed by atoms with Gasteiger partial charge in [-0.2, -0.15) is 0 Å². The number of aliphatic hydroxyl groups is 1. The average Bonchev–Trinajstić information content (AvgIpc) is 3.29. The molecule has 1 aliphatic heterocycles. The van der Waals surface area contributed by atoms with E-state index in [2.05, 4.69) is 33.0 Å². The third-order valence-corrected chi connectivity index (χ3v) is 11.9. The van der Waals surface area contributed by atoms with Crippen molar-refractivity contribution in [2.24, 2.45) is 46.3 Å². The Hall–Kier alpha value is -0.680. The van der Waals surface area contributed by atoms with Gasteiger partial charge in [-0.15, -0.1) is 0 Å². The Kier molecular flexibility index (Phi) is 7.09. The van der Waals surface area contributed by atoms with Gasteiger partial charge in [-0.05, 0) is 124 Å². The molecule has 3 nitrogen and oxygen atoms in total. The number of halogens is 2. The van der Waals surface area contributed by atoms with Crippen LogP contribution >= 0.6 is 0 Å². The standard InChI is InChI=1S/C30H49F2NO2/c1-17(16-33-19(3)28(31)32)6-9-25-18(2)27-26(35-25)15-24-22-8-7-20-14-21(34)10-12-29(20,4)23(22)11-13-30(24,27)5/h17,19-24,26-28,33-34H,6-16H2,1-5H3/t17-,19?,20-,21-,22+,23-,24-,26-,27-,29-,30-/m0/s1. The van der Waals surface area contributed by atoms with Crippen molar-refractivity contribution in [3.8, 4) is 0 Å². The first-order valence-electron chi connectivity index (χ1n) is 14.6. The molecule has 0 aromatic carbocycles. The van der Waals surface area contributed by atoms with E-state index in [1.54, 1.807) is 6.92 Å². The van der Waals surface area contributed by atoms with Gasteiger partial charge in [0.05, 0.1) is 17.9 Å². The minimum absolute atomic E-state index is 0.0740. The van der Waals surface area contributed by atoms with Crippen molar-refractivity contribution in [1.29, 1.82) is 0 Å². The summed E-state index contributed by atoms with van der Waals surface area (Å²) >= 11 is 0. The van der Waals surface area contributed by atoms with Crippen molar-refractivity contribution in [1.82, 2.24) is 5.32 Å². The Morgan fingerprint density at radius 2 is 1.77 bits per heavy atom. The van der Waals surface area contributed by atoms with Crippen molar-refractivity contribution >= 4 is 0 Å². The molecule has 2 N–H and O–H groups in total. The number of rotatable bonds is 7. The minimum atomic E-state index is -2.31. The average molecular weight is 494 g/mol. The molecule has 200 valence electrons. The minimum Gasteiger partial charge on any atom is -0.494 e. The number of hydrogen-bond donors (Lipinski definition) is 2. The highest BCUT2D eigenvalue weighted by molar-refractivity contribution is 5.26. The molecule has 1 heterocycles. The van der Waals surface area contributed by atoms with E-state index in [1.165, 1.54) is 49.9 Å². The van der Waals surface area contributed by atoms with Crippen LogP contribution in [-0.4, -0.2) is 36.3 Å². The van der Waals surface area contributed by atoms with Crippen LogP contribution < -0.4 is 5.32 Å². The van der Waals surface area contributed by atoms with Gasteiger partial charge in [0.25, 0.3) is 6.43 Å². The Morgan fingerprint density at radius 3 is 2.51 bits per heavy atom. The van der Waals surface area contributed by atoms with Crippen LogP contribution in [0.5, 0.6) is 0 Å². The summed E-state index contributed by atoms with van der Waals surface area (Å²) in [5, 5.41) is 13.3. The SMILES string of the molecule is CC1=C(CC[C@H](C)CNC(C)C(F)F)O[C@H]2C[C@H]3[C@@H]4CC[C@H]5C[C@@H](O)CC[C@]5(C)[C@H]4CC[C@]3(C)[C@@H]12. The first-order valence-corrected chi connectivity index (χ1v) is 14.6. The van der Waals surface area contributed by atoms with E-state index in [-0.39, 0.29) is 6.10 Å².